The van der Waals surface area contributed by atoms with Crippen molar-refractivity contribution in [3.05, 3.63) is 0 Å². The molecular formula is C13H24N6S. The van der Waals surface area contributed by atoms with E-state index in [1.165, 1.54) is 0 Å². The minimum Gasteiger partial charge on any atom is -0.357 e. The van der Waals surface area contributed by atoms with Crippen LogP contribution in [0.4, 0.5) is 17.8 Å². The van der Waals surface area contributed by atoms with E-state index in [9.17, 15) is 0 Å². The van der Waals surface area contributed by atoms with E-state index in [4.69, 9.17) is 0 Å². The van der Waals surface area contributed by atoms with E-state index < -0.39 is 0 Å². The topological polar surface area (TPSA) is 57.2 Å². The summed E-state index contributed by atoms with van der Waals surface area (Å²) in [7, 11) is 1.85. The van der Waals surface area contributed by atoms with Crippen molar-refractivity contribution in [3.63, 3.8) is 0 Å². The molecule has 2 heterocycles. The Morgan fingerprint density at radius 2 is 2.05 bits per heavy atom. The molecule has 0 amide bonds. The van der Waals surface area contributed by atoms with Crippen molar-refractivity contribution < 1.29 is 0 Å². The molecule has 1 aliphatic heterocycles. The molecule has 0 bridgehead atoms. The molecular weight excluding hydrogens is 272 g/mol. The van der Waals surface area contributed by atoms with Gasteiger partial charge in [-0.3, -0.25) is 0 Å². The Balaban J connectivity index is 2.34. The molecule has 1 aromatic heterocycles. The van der Waals surface area contributed by atoms with E-state index in [1.807, 2.05) is 18.8 Å². The van der Waals surface area contributed by atoms with Gasteiger partial charge in [0.2, 0.25) is 17.8 Å². The second-order valence-electron chi connectivity index (χ2n) is 4.80. The molecule has 0 aromatic carbocycles. The lowest BCUT2D eigenvalue weighted by atomic mass is 10.3. The van der Waals surface area contributed by atoms with Gasteiger partial charge in [-0.15, -0.1) is 0 Å². The minimum absolute atomic E-state index is 0.463. The fourth-order valence-electron chi connectivity index (χ4n) is 2.27. The summed E-state index contributed by atoms with van der Waals surface area (Å²) < 4.78 is 0. The summed E-state index contributed by atoms with van der Waals surface area (Å²) in [6, 6.07) is 0.463. The largest absolute Gasteiger partial charge is 0.357 e. The molecule has 2 rings (SSSR count). The Morgan fingerprint density at radius 1 is 1.30 bits per heavy atom. The van der Waals surface area contributed by atoms with E-state index in [1.54, 1.807) is 0 Å². The molecule has 1 atom stereocenters. The van der Waals surface area contributed by atoms with Crippen molar-refractivity contribution in [2.75, 3.05) is 53.3 Å². The van der Waals surface area contributed by atoms with E-state index in [0.717, 1.165) is 43.0 Å². The van der Waals surface area contributed by atoms with Crippen LogP contribution in [0.15, 0.2) is 0 Å². The number of rotatable bonds is 5. The highest BCUT2D eigenvalue weighted by Crippen LogP contribution is 2.23. The molecule has 1 N–H and O–H groups in total. The van der Waals surface area contributed by atoms with Crippen LogP contribution < -0.4 is 15.1 Å². The number of aromatic nitrogens is 3. The van der Waals surface area contributed by atoms with Crippen LogP contribution in [0.3, 0.4) is 0 Å². The van der Waals surface area contributed by atoms with Crippen molar-refractivity contribution >= 4 is 29.6 Å². The van der Waals surface area contributed by atoms with Crippen LogP contribution >= 0.6 is 11.8 Å². The van der Waals surface area contributed by atoms with Gasteiger partial charge in [0.1, 0.15) is 0 Å². The van der Waals surface area contributed by atoms with Crippen molar-refractivity contribution in [1.82, 2.24) is 15.0 Å². The van der Waals surface area contributed by atoms with Crippen LogP contribution in [0, 0.1) is 0 Å². The summed E-state index contributed by atoms with van der Waals surface area (Å²) in [5.74, 6) is 4.45. The van der Waals surface area contributed by atoms with Crippen LogP contribution in [0.5, 0.6) is 0 Å². The highest BCUT2D eigenvalue weighted by Gasteiger charge is 2.23. The molecule has 7 heteroatoms. The zero-order valence-corrected chi connectivity index (χ0v) is 13.6. The Morgan fingerprint density at radius 3 is 2.65 bits per heavy atom. The summed E-state index contributed by atoms with van der Waals surface area (Å²) in [5.41, 5.74) is 0. The average molecular weight is 296 g/mol. The molecule has 20 heavy (non-hydrogen) atoms. The van der Waals surface area contributed by atoms with Crippen LogP contribution in [-0.4, -0.2) is 59.2 Å². The molecule has 1 fully saturated rings. The van der Waals surface area contributed by atoms with Gasteiger partial charge in [-0.2, -0.15) is 26.7 Å². The van der Waals surface area contributed by atoms with Gasteiger partial charge in [0.05, 0.1) is 0 Å². The van der Waals surface area contributed by atoms with Crippen molar-refractivity contribution in [2.24, 2.45) is 0 Å². The first kappa shape index (κ1) is 15.2. The third-order valence-electron chi connectivity index (χ3n) is 3.51. The lowest BCUT2D eigenvalue weighted by Crippen LogP contribution is -2.42. The predicted octanol–water partition coefficient (Wildman–Crippen LogP) is 1.70. The van der Waals surface area contributed by atoms with Gasteiger partial charge in [0.15, 0.2) is 0 Å². The standard InChI is InChI=1S/C13H24N6S/c1-5-18(6-2)12-15-11(14-4)16-13(17-12)19-7-8-20-9-10(19)3/h10H,5-9H2,1-4H3,(H,14,15,16,17). The fraction of sp³-hybridized carbons (Fsp3) is 0.769. The molecule has 1 aliphatic rings. The lowest BCUT2D eigenvalue weighted by molar-refractivity contribution is 0.672. The maximum atomic E-state index is 4.68. The van der Waals surface area contributed by atoms with Gasteiger partial charge >= 0.3 is 0 Å². The van der Waals surface area contributed by atoms with Crippen molar-refractivity contribution in [2.45, 2.75) is 26.8 Å². The maximum Gasteiger partial charge on any atom is 0.232 e. The van der Waals surface area contributed by atoms with Crippen LogP contribution in [-0.2, 0) is 0 Å². The number of nitrogens with one attached hydrogen (secondary N) is 1. The number of thioether (sulfide) groups is 1. The first-order chi connectivity index (χ1) is 9.69. The highest BCUT2D eigenvalue weighted by atomic mass is 32.2. The highest BCUT2D eigenvalue weighted by molar-refractivity contribution is 7.99. The molecule has 0 radical (unpaired) electrons. The quantitative estimate of drug-likeness (QED) is 0.887. The van der Waals surface area contributed by atoms with E-state index in [0.29, 0.717) is 12.0 Å². The maximum absolute atomic E-state index is 4.68. The molecule has 1 saturated heterocycles. The van der Waals surface area contributed by atoms with Crippen LogP contribution in [0.1, 0.15) is 20.8 Å². The Labute approximate surface area is 125 Å². The van der Waals surface area contributed by atoms with Crippen molar-refractivity contribution in [1.29, 1.82) is 0 Å². The summed E-state index contributed by atoms with van der Waals surface area (Å²) >= 11 is 1.99. The van der Waals surface area contributed by atoms with Gasteiger partial charge in [0, 0.05) is 44.2 Å². The molecule has 1 unspecified atom stereocenters. The number of hydrogen-bond acceptors (Lipinski definition) is 7. The SMILES string of the molecule is CCN(CC)c1nc(NC)nc(N2CCSCC2C)n1. The predicted molar refractivity (Wildman–Crippen MR) is 87.1 cm³/mol. The van der Waals surface area contributed by atoms with E-state index in [2.05, 4.69) is 50.8 Å². The van der Waals surface area contributed by atoms with Gasteiger partial charge in [-0.1, -0.05) is 0 Å². The summed E-state index contributed by atoms with van der Waals surface area (Å²) in [4.78, 5) is 18.1. The Bertz CT molecular complexity index is 437. The third-order valence-corrected chi connectivity index (χ3v) is 4.70. The Kier molecular flexibility index (Phi) is 5.28. The monoisotopic (exact) mass is 296 g/mol. The van der Waals surface area contributed by atoms with Gasteiger partial charge in [-0.25, -0.2) is 0 Å². The minimum atomic E-state index is 0.463. The second kappa shape index (κ2) is 6.97. The smallest absolute Gasteiger partial charge is 0.232 e. The zero-order chi connectivity index (χ0) is 14.5. The molecule has 0 saturated carbocycles. The van der Waals surface area contributed by atoms with Crippen LogP contribution in [0.25, 0.3) is 0 Å². The van der Waals surface area contributed by atoms with Crippen molar-refractivity contribution in [3.8, 4) is 0 Å². The molecule has 6 nitrogen and oxygen atoms in total. The van der Waals surface area contributed by atoms with Gasteiger partial charge in [-0.05, 0) is 20.8 Å². The summed E-state index contributed by atoms with van der Waals surface area (Å²) in [6.07, 6.45) is 0. The average Bonchev–Trinajstić information content (AvgIpc) is 2.48. The van der Waals surface area contributed by atoms with Crippen LogP contribution in [0.2, 0.25) is 0 Å². The zero-order valence-electron chi connectivity index (χ0n) is 12.8. The molecule has 0 spiro atoms. The van der Waals surface area contributed by atoms with E-state index in [-0.39, 0.29) is 0 Å². The first-order valence-corrected chi connectivity index (χ1v) is 8.38. The fourth-order valence-corrected chi connectivity index (χ4v) is 3.28. The Hall–Kier alpha value is -1.24. The summed E-state index contributed by atoms with van der Waals surface area (Å²) in [5, 5.41) is 3.04. The number of nitrogens with zero attached hydrogens (tertiary/aromatic N) is 5. The normalized spacial score (nSPS) is 19.0. The van der Waals surface area contributed by atoms with Gasteiger partial charge in [0.25, 0.3) is 0 Å². The number of anilines is 3. The number of hydrogen-bond donors (Lipinski definition) is 1. The third kappa shape index (κ3) is 3.26. The summed E-state index contributed by atoms with van der Waals surface area (Å²) in [6.45, 7) is 9.25. The lowest BCUT2D eigenvalue weighted by Gasteiger charge is -2.33. The molecule has 112 valence electrons. The first-order valence-electron chi connectivity index (χ1n) is 7.22. The molecule has 1 aromatic rings. The second-order valence-corrected chi connectivity index (χ2v) is 5.95. The molecule has 0 aliphatic carbocycles. The van der Waals surface area contributed by atoms with E-state index >= 15 is 0 Å². The van der Waals surface area contributed by atoms with Gasteiger partial charge < -0.3 is 15.1 Å².